The van der Waals surface area contributed by atoms with Gasteiger partial charge in [-0.05, 0) is 37.1 Å². The second-order valence-corrected chi connectivity index (χ2v) is 5.01. The molecule has 1 aromatic rings. The van der Waals surface area contributed by atoms with Gasteiger partial charge in [-0.15, -0.1) is 0 Å². The molecule has 5 heteroatoms. The Morgan fingerprint density at radius 2 is 2.40 bits per heavy atom. The van der Waals surface area contributed by atoms with Crippen molar-refractivity contribution in [2.75, 3.05) is 19.7 Å². The Hall–Kier alpha value is -1.75. The fourth-order valence-corrected chi connectivity index (χ4v) is 2.16. The van der Waals surface area contributed by atoms with Crippen molar-refractivity contribution in [3.63, 3.8) is 0 Å². The highest BCUT2D eigenvalue weighted by Crippen LogP contribution is 2.13. The highest BCUT2D eigenvalue weighted by molar-refractivity contribution is 5.74. The van der Waals surface area contributed by atoms with E-state index in [4.69, 9.17) is 4.74 Å². The predicted octanol–water partition coefficient (Wildman–Crippen LogP) is 1.64. The summed E-state index contributed by atoms with van der Waals surface area (Å²) in [6, 6.07) is 7.96. The summed E-state index contributed by atoms with van der Waals surface area (Å²) >= 11 is 0. The molecule has 5 nitrogen and oxygen atoms in total. The van der Waals surface area contributed by atoms with Gasteiger partial charge in [-0.1, -0.05) is 19.1 Å². The number of rotatable bonds is 6. The second-order valence-electron chi connectivity index (χ2n) is 5.01. The first kappa shape index (κ1) is 14.7. The summed E-state index contributed by atoms with van der Waals surface area (Å²) < 4.78 is 5.57. The maximum atomic E-state index is 11.7. The van der Waals surface area contributed by atoms with Gasteiger partial charge in [0.2, 0.25) is 0 Å². The van der Waals surface area contributed by atoms with E-state index in [9.17, 15) is 4.79 Å². The topological polar surface area (TPSA) is 62.4 Å². The summed E-state index contributed by atoms with van der Waals surface area (Å²) in [7, 11) is 0. The molecule has 1 heterocycles. The molecule has 110 valence electrons. The number of benzene rings is 1. The van der Waals surface area contributed by atoms with Crippen molar-refractivity contribution in [1.82, 2.24) is 16.0 Å². The SMILES string of the molecule is CCCOc1cccc(CNC(=O)N[C@@H]2CCNC2)c1. The minimum absolute atomic E-state index is 0.112. The molecule has 0 aromatic heterocycles. The van der Waals surface area contributed by atoms with Crippen LogP contribution in [0.1, 0.15) is 25.3 Å². The van der Waals surface area contributed by atoms with Gasteiger partial charge in [-0.2, -0.15) is 0 Å². The third-order valence-corrected chi connectivity index (χ3v) is 3.22. The lowest BCUT2D eigenvalue weighted by atomic mass is 10.2. The van der Waals surface area contributed by atoms with Crippen molar-refractivity contribution in [2.24, 2.45) is 0 Å². The molecule has 0 radical (unpaired) electrons. The van der Waals surface area contributed by atoms with Gasteiger partial charge in [0, 0.05) is 19.1 Å². The summed E-state index contributed by atoms with van der Waals surface area (Å²) in [5.41, 5.74) is 1.04. The Kier molecular flexibility index (Phi) is 5.68. The van der Waals surface area contributed by atoms with E-state index in [0.717, 1.165) is 37.2 Å². The van der Waals surface area contributed by atoms with E-state index in [-0.39, 0.29) is 12.1 Å². The van der Waals surface area contributed by atoms with Crippen LogP contribution in [0.3, 0.4) is 0 Å². The minimum Gasteiger partial charge on any atom is -0.494 e. The highest BCUT2D eigenvalue weighted by Gasteiger charge is 2.16. The van der Waals surface area contributed by atoms with Crippen molar-refractivity contribution >= 4 is 6.03 Å². The maximum absolute atomic E-state index is 11.7. The van der Waals surface area contributed by atoms with Crippen LogP contribution >= 0.6 is 0 Å². The molecule has 2 amide bonds. The largest absolute Gasteiger partial charge is 0.494 e. The van der Waals surface area contributed by atoms with Gasteiger partial charge in [-0.3, -0.25) is 0 Å². The second kappa shape index (κ2) is 7.75. The van der Waals surface area contributed by atoms with Gasteiger partial charge in [0.25, 0.3) is 0 Å². The van der Waals surface area contributed by atoms with E-state index in [0.29, 0.717) is 13.2 Å². The monoisotopic (exact) mass is 277 g/mol. The molecule has 1 aromatic carbocycles. The number of carbonyl (C=O) groups excluding carboxylic acids is 1. The van der Waals surface area contributed by atoms with Gasteiger partial charge in [0.05, 0.1) is 6.61 Å². The summed E-state index contributed by atoms with van der Waals surface area (Å²) in [5, 5.41) is 9.05. The van der Waals surface area contributed by atoms with E-state index < -0.39 is 0 Å². The molecule has 20 heavy (non-hydrogen) atoms. The lowest BCUT2D eigenvalue weighted by molar-refractivity contribution is 0.237. The molecular weight excluding hydrogens is 254 g/mol. The zero-order valence-electron chi connectivity index (χ0n) is 11.9. The van der Waals surface area contributed by atoms with Crippen LogP contribution in [0.2, 0.25) is 0 Å². The Bertz CT molecular complexity index is 431. The van der Waals surface area contributed by atoms with Gasteiger partial charge in [-0.25, -0.2) is 4.79 Å². The number of ether oxygens (including phenoxy) is 1. The third kappa shape index (κ3) is 4.74. The van der Waals surface area contributed by atoms with Gasteiger partial charge in [0.15, 0.2) is 0 Å². The van der Waals surface area contributed by atoms with Crippen LogP contribution in [-0.2, 0) is 6.54 Å². The highest BCUT2D eigenvalue weighted by atomic mass is 16.5. The van der Waals surface area contributed by atoms with Crippen molar-refractivity contribution in [3.8, 4) is 5.75 Å². The summed E-state index contributed by atoms with van der Waals surface area (Å²) in [6.07, 6.45) is 1.98. The van der Waals surface area contributed by atoms with E-state index in [1.54, 1.807) is 0 Å². The quantitative estimate of drug-likeness (QED) is 0.740. The fourth-order valence-electron chi connectivity index (χ4n) is 2.16. The first-order valence-corrected chi connectivity index (χ1v) is 7.24. The molecule has 0 aliphatic carbocycles. The minimum atomic E-state index is -0.112. The maximum Gasteiger partial charge on any atom is 0.315 e. The molecule has 2 rings (SSSR count). The first-order valence-electron chi connectivity index (χ1n) is 7.24. The van der Waals surface area contributed by atoms with Gasteiger partial charge < -0.3 is 20.7 Å². The number of hydrogen-bond donors (Lipinski definition) is 3. The summed E-state index contributed by atoms with van der Waals surface area (Å²) in [6.45, 7) is 5.13. The Labute approximate surface area is 120 Å². The molecule has 0 unspecified atom stereocenters. The number of carbonyl (C=O) groups is 1. The van der Waals surface area contributed by atoms with Gasteiger partial charge in [0.1, 0.15) is 5.75 Å². The van der Waals surface area contributed by atoms with Crippen LogP contribution in [0.25, 0.3) is 0 Å². The summed E-state index contributed by atoms with van der Waals surface area (Å²) in [5.74, 6) is 0.853. The van der Waals surface area contributed by atoms with Crippen LogP contribution in [-0.4, -0.2) is 31.8 Å². The molecular formula is C15H23N3O2. The third-order valence-electron chi connectivity index (χ3n) is 3.22. The lowest BCUT2D eigenvalue weighted by Gasteiger charge is -2.13. The number of urea groups is 1. The number of nitrogens with one attached hydrogen (secondary N) is 3. The molecule has 0 saturated carbocycles. The molecule has 1 atom stereocenters. The zero-order chi connectivity index (χ0) is 14.2. The average molecular weight is 277 g/mol. The van der Waals surface area contributed by atoms with E-state index in [1.165, 1.54) is 0 Å². The van der Waals surface area contributed by atoms with Crippen LogP contribution in [0, 0.1) is 0 Å². The molecule has 1 saturated heterocycles. The van der Waals surface area contributed by atoms with Crippen molar-refractivity contribution in [2.45, 2.75) is 32.4 Å². The zero-order valence-corrected chi connectivity index (χ0v) is 11.9. The molecule has 0 bridgehead atoms. The average Bonchev–Trinajstić information content (AvgIpc) is 2.96. The number of hydrogen-bond acceptors (Lipinski definition) is 3. The van der Waals surface area contributed by atoms with Crippen LogP contribution < -0.4 is 20.7 Å². The lowest BCUT2D eigenvalue weighted by Crippen LogP contribution is -2.42. The molecule has 3 N–H and O–H groups in total. The van der Waals surface area contributed by atoms with Crippen molar-refractivity contribution in [1.29, 1.82) is 0 Å². The Morgan fingerprint density at radius 1 is 1.50 bits per heavy atom. The first-order chi connectivity index (χ1) is 9.78. The summed E-state index contributed by atoms with van der Waals surface area (Å²) in [4.78, 5) is 11.7. The predicted molar refractivity (Wildman–Crippen MR) is 78.9 cm³/mol. The molecule has 1 fully saturated rings. The molecule has 1 aliphatic rings. The van der Waals surface area contributed by atoms with Gasteiger partial charge >= 0.3 is 6.03 Å². The standard InChI is InChI=1S/C15H23N3O2/c1-2-8-20-14-5-3-4-12(9-14)10-17-15(19)18-13-6-7-16-11-13/h3-5,9,13,16H,2,6-8,10-11H2,1H3,(H2,17,18,19)/t13-/m1/s1. The van der Waals surface area contributed by atoms with E-state index in [1.807, 2.05) is 24.3 Å². The van der Waals surface area contributed by atoms with Crippen LogP contribution in [0.4, 0.5) is 4.79 Å². The van der Waals surface area contributed by atoms with Crippen molar-refractivity contribution in [3.05, 3.63) is 29.8 Å². The Morgan fingerprint density at radius 3 is 3.15 bits per heavy atom. The van der Waals surface area contributed by atoms with Crippen LogP contribution in [0.5, 0.6) is 5.75 Å². The molecule has 1 aliphatic heterocycles. The molecule has 0 spiro atoms. The van der Waals surface area contributed by atoms with E-state index >= 15 is 0 Å². The fraction of sp³-hybridized carbons (Fsp3) is 0.533. The van der Waals surface area contributed by atoms with Crippen LogP contribution in [0.15, 0.2) is 24.3 Å². The van der Waals surface area contributed by atoms with Crippen molar-refractivity contribution < 1.29 is 9.53 Å². The smallest absolute Gasteiger partial charge is 0.315 e. The Balaban J connectivity index is 1.76. The normalized spacial score (nSPS) is 17.8. The number of amides is 2. The van der Waals surface area contributed by atoms with E-state index in [2.05, 4.69) is 22.9 Å².